The smallest absolute Gasteiger partial charge is 0.475 e. The number of aliphatic carboxylic acids is 1. The normalized spacial score (nSPS) is 17.4. The Kier molecular flexibility index (Phi) is 9.04. The lowest BCUT2D eigenvalue weighted by Crippen LogP contribution is -2.45. The quantitative estimate of drug-likeness (QED) is 0.494. The number of urea groups is 1. The Hall–Kier alpha value is -3.45. The van der Waals surface area contributed by atoms with Crippen LogP contribution < -0.4 is 20.9 Å². The van der Waals surface area contributed by atoms with Crippen LogP contribution in [0.4, 0.5) is 29.5 Å². The molecule has 0 aliphatic carbocycles. The third-order valence-corrected chi connectivity index (χ3v) is 5.54. The molecule has 1 saturated heterocycles. The molecule has 2 aliphatic rings. The molecule has 13 heteroatoms. The second kappa shape index (κ2) is 12.0. The van der Waals surface area contributed by atoms with Gasteiger partial charge in [0.15, 0.2) is 5.82 Å². The summed E-state index contributed by atoms with van der Waals surface area (Å²) in [6.45, 7) is 8.63. The van der Waals surface area contributed by atoms with Crippen LogP contribution >= 0.6 is 0 Å². The highest BCUT2D eigenvalue weighted by Gasteiger charge is 2.38. The van der Waals surface area contributed by atoms with E-state index in [0.717, 1.165) is 55.4 Å². The van der Waals surface area contributed by atoms with Gasteiger partial charge in [0.1, 0.15) is 5.82 Å². The number of ether oxygens (including phenoxy) is 1. The summed E-state index contributed by atoms with van der Waals surface area (Å²) in [4.78, 5) is 32.8. The summed E-state index contributed by atoms with van der Waals surface area (Å²) in [6.07, 6.45) is -4.15. The van der Waals surface area contributed by atoms with Crippen molar-refractivity contribution in [1.29, 1.82) is 0 Å². The van der Waals surface area contributed by atoms with Crippen molar-refractivity contribution in [3.8, 4) is 11.4 Å². The number of rotatable bonds is 4. The van der Waals surface area contributed by atoms with Gasteiger partial charge in [-0.05, 0) is 51.1 Å². The average molecular weight is 511 g/mol. The minimum absolute atomic E-state index is 0.208. The minimum Gasteiger partial charge on any atom is -0.475 e. The Morgan fingerprint density at radius 3 is 2.56 bits per heavy atom. The Balaban J connectivity index is 0.000000454. The summed E-state index contributed by atoms with van der Waals surface area (Å²) in [5, 5.41) is 16.1. The van der Waals surface area contributed by atoms with Crippen LogP contribution in [-0.2, 0) is 22.5 Å². The van der Waals surface area contributed by atoms with E-state index in [1.54, 1.807) is 0 Å². The number of alkyl halides is 3. The summed E-state index contributed by atoms with van der Waals surface area (Å²) in [5.74, 6) is -1.01. The first-order chi connectivity index (χ1) is 17.1. The number of anilines is 2. The topological polar surface area (TPSA) is 129 Å². The van der Waals surface area contributed by atoms with Crippen LogP contribution in [0, 0.1) is 0 Å². The third-order valence-electron chi connectivity index (χ3n) is 5.54. The first-order valence-corrected chi connectivity index (χ1v) is 11.5. The number of aromatic nitrogens is 2. The lowest BCUT2D eigenvalue weighted by atomic mass is 10.0. The number of carboxylic acids is 1. The van der Waals surface area contributed by atoms with Gasteiger partial charge in [-0.25, -0.2) is 19.6 Å². The molecule has 2 aromatic rings. The van der Waals surface area contributed by atoms with Crippen molar-refractivity contribution in [2.24, 2.45) is 0 Å². The van der Waals surface area contributed by atoms with E-state index in [1.807, 2.05) is 31.2 Å². The van der Waals surface area contributed by atoms with E-state index < -0.39 is 12.1 Å². The number of carbonyl (C=O) groups excluding carboxylic acids is 1. The van der Waals surface area contributed by atoms with Crippen molar-refractivity contribution in [2.45, 2.75) is 39.0 Å². The van der Waals surface area contributed by atoms with E-state index in [-0.39, 0.29) is 12.1 Å². The van der Waals surface area contributed by atoms with E-state index in [1.165, 1.54) is 5.56 Å². The molecule has 4 rings (SSSR count). The third kappa shape index (κ3) is 7.04. The fourth-order valence-corrected chi connectivity index (χ4v) is 3.79. The van der Waals surface area contributed by atoms with E-state index >= 15 is 0 Å². The zero-order valence-electron chi connectivity index (χ0n) is 20.0. The van der Waals surface area contributed by atoms with Gasteiger partial charge in [0.2, 0.25) is 0 Å². The molecular weight excluding hydrogens is 481 g/mol. The largest absolute Gasteiger partial charge is 0.490 e. The first-order valence-electron chi connectivity index (χ1n) is 11.5. The highest BCUT2D eigenvalue weighted by Crippen LogP contribution is 2.30. The number of morpholine rings is 1. The van der Waals surface area contributed by atoms with Gasteiger partial charge in [-0.3, -0.25) is 0 Å². The molecule has 4 N–H and O–H groups in total. The van der Waals surface area contributed by atoms with Gasteiger partial charge in [-0.2, -0.15) is 13.2 Å². The molecule has 2 amide bonds. The van der Waals surface area contributed by atoms with Crippen molar-refractivity contribution >= 4 is 23.5 Å². The van der Waals surface area contributed by atoms with Gasteiger partial charge in [0, 0.05) is 36.4 Å². The average Bonchev–Trinajstić information content (AvgIpc) is 2.84. The lowest BCUT2D eigenvalue weighted by molar-refractivity contribution is -0.192. The minimum atomic E-state index is -5.08. The molecule has 10 nitrogen and oxygen atoms in total. The standard InChI is InChI=1S/C21H28N6O2.C2HF3O2/c1-3-23-21(28)24-16-6-4-15(5-7-16)19-25-18-12-22-9-8-17(18)20(26-19)27-10-11-29-13-14(27)2;3-2(4,5)1(6)7/h4-7,14,22H,3,8-13H2,1-2H3,(H2,23,24,28);(H,6,7). The summed E-state index contributed by atoms with van der Waals surface area (Å²) in [6, 6.07) is 7.73. The molecule has 0 spiro atoms. The van der Waals surface area contributed by atoms with Crippen LogP contribution in [0.3, 0.4) is 0 Å². The Morgan fingerprint density at radius 1 is 1.25 bits per heavy atom. The van der Waals surface area contributed by atoms with Crippen LogP contribution in [0.5, 0.6) is 0 Å². The summed E-state index contributed by atoms with van der Waals surface area (Å²) in [5.41, 5.74) is 3.98. The maximum atomic E-state index is 11.7. The van der Waals surface area contributed by atoms with Crippen molar-refractivity contribution < 1.29 is 32.6 Å². The van der Waals surface area contributed by atoms with Gasteiger partial charge in [0.25, 0.3) is 0 Å². The molecule has 0 bridgehead atoms. The van der Waals surface area contributed by atoms with Crippen LogP contribution in [0.1, 0.15) is 25.1 Å². The number of hydrogen-bond donors (Lipinski definition) is 4. The highest BCUT2D eigenvalue weighted by atomic mass is 19.4. The predicted octanol–water partition coefficient (Wildman–Crippen LogP) is 2.79. The molecule has 2 aliphatic heterocycles. The molecule has 1 aromatic heterocycles. The SMILES string of the molecule is CCNC(=O)Nc1ccc(-c2nc3c(c(N4CCOCC4C)n2)CCNC3)cc1.O=C(O)C(F)(F)F. The molecule has 0 radical (unpaired) electrons. The van der Waals surface area contributed by atoms with Crippen LogP contribution in [-0.4, -0.2) is 72.1 Å². The summed E-state index contributed by atoms with van der Waals surface area (Å²) < 4.78 is 37.4. The first kappa shape index (κ1) is 27.1. The fraction of sp³-hybridized carbons (Fsp3) is 0.478. The number of carboxylic acid groups (broad SMARTS) is 1. The zero-order chi connectivity index (χ0) is 26.3. The Morgan fingerprint density at radius 2 is 1.94 bits per heavy atom. The molecule has 1 fully saturated rings. The number of nitrogens with zero attached hydrogens (tertiary/aromatic N) is 3. The van der Waals surface area contributed by atoms with Crippen molar-refractivity contribution in [2.75, 3.05) is 43.1 Å². The Labute approximate surface area is 206 Å². The van der Waals surface area contributed by atoms with Gasteiger partial charge in [0.05, 0.1) is 24.9 Å². The molecule has 1 aromatic carbocycles. The summed E-state index contributed by atoms with van der Waals surface area (Å²) in [7, 11) is 0. The molecular formula is C23H29F3N6O4. The van der Waals surface area contributed by atoms with Gasteiger partial charge >= 0.3 is 18.2 Å². The van der Waals surface area contributed by atoms with Gasteiger partial charge < -0.3 is 30.7 Å². The van der Waals surface area contributed by atoms with Crippen LogP contribution in [0.25, 0.3) is 11.4 Å². The van der Waals surface area contributed by atoms with Gasteiger partial charge in [-0.1, -0.05) is 0 Å². The molecule has 0 saturated carbocycles. The molecule has 1 atom stereocenters. The van der Waals surface area contributed by atoms with E-state index in [0.29, 0.717) is 19.0 Å². The van der Waals surface area contributed by atoms with Crippen molar-refractivity contribution in [3.63, 3.8) is 0 Å². The molecule has 3 heterocycles. The van der Waals surface area contributed by atoms with E-state index in [4.69, 9.17) is 24.6 Å². The molecule has 196 valence electrons. The Bertz CT molecular complexity index is 1070. The molecule has 36 heavy (non-hydrogen) atoms. The molecule has 1 unspecified atom stereocenters. The number of hydrogen-bond acceptors (Lipinski definition) is 7. The summed E-state index contributed by atoms with van der Waals surface area (Å²) >= 11 is 0. The van der Waals surface area contributed by atoms with E-state index in [2.05, 4.69) is 27.8 Å². The van der Waals surface area contributed by atoms with Gasteiger partial charge in [-0.15, -0.1) is 0 Å². The van der Waals surface area contributed by atoms with Crippen molar-refractivity contribution in [3.05, 3.63) is 35.5 Å². The maximum absolute atomic E-state index is 11.7. The monoisotopic (exact) mass is 510 g/mol. The van der Waals surface area contributed by atoms with Crippen LogP contribution in [0.15, 0.2) is 24.3 Å². The zero-order valence-corrected chi connectivity index (χ0v) is 20.0. The lowest BCUT2D eigenvalue weighted by Gasteiger charge is -2.36. The number of halogens is 3. The number of amides is 2. The number of nitrogens with one attached hydrogen (secondary N) is 3. The highest BCUT2D eigenvalue weighted by molar-refractivity contribution is 5.89. The second-order valence-electron chi connectivity index (χ2n) is 8.20. The fourth-order valence-electron chi connectivity index (χ4n) is 3.79. The van der Waals surface area contributed by atoms with Crippen LogP contribution in [0.2, 0.25) is 0 Å². The number of carbonyl (C=O) groups is 2. The second-order valence-corrected chi connectivity index (χ2v) is 8.20. The number of fused-ring (bicyclic) bond motifs is 1. The predicted molar refractivity (Wildman–Crippen MR) is 127 cm³/mol. The number of benzene rings is 1. The van der Waals surface area contributed by atoms with E-state index in [9.17, 15) is 18.0 Å². The van der Waals surface area contributed by atoms with Crippen molar-refractivity contribution in [1.82, 2.24) is 20.6 Å². The maximum Gasteiger partial charge on any atom is 0.490 e.